The third kappa shape index (κ3) is 3.21. The van der Waals surface area contributed by atoms with Crippen LogP contribution in [-0.2, 0) is 9.59 Å². The zero-order valence-corrected chi connectivity index (χ0v) is 15.5. The fourth-order valence-electron chi connectivity index (χ4n) is 4.02. The number of halogens is 2. The minimum atomic E-state index is -0.724. The number of nitrogens with one attached hydrogen (secondary N) is 1. The van der Waals surface area contributed by atoms with Gasteiger partial charge in [0.1, 0.15) is 11.6 Å². The molecule has 2 aromatic rings. The highest BCUT2D eigenvalue weighted by atomic mass is 19.1. The first-order valence-electron chi connectivity index (χ1n) is 9.43. The van der Waals surface area contributed by atoms with Gasteiger partial charge in [-0.25, -0.2) is 8.78 Å². The molecular weight excluding hydrogens is 364 g/mol. The second kappa shape index (κ2) is 7.22. The summed E-state index contributed by atoms with van der Waals surface area (Å²) in [6, 6.07) is 8.48. The van der Waals surface area contributed by atoms with Crippen LogP contribution in [0.2, 0.25) is 0 Å². The molecule has 1 unspecified atom stereocenters. The lowest BCUT2D eigenvalue weighted by Gasteiger charge is -2.39. The van der Waals surface area contributed by atoms with E-state index in [1.165, 1.54) is 30.3 Å². The molecule has 0 aromatic heterocycles. The molecule has 2 amide bonds. The van der Waals surface area contributed by atoms with E-state index in [4.69, 9.17) is 0 Å². The van der Waals surface area contributed by atoms with Crippen LogP contribution in [0.1, 0.15) is 31.2 Å². The first-order chi connectivity index (χ1) is 13.5. The van der Waals surface area contributed by atoms with Gasteiger partial charge >= 0.3 is 0 Å². The van der Waals surface area contributed by atoms with Crippen LogP contribution in [0.25, 0.3) is 0 Å². The molecule has 2 heterocycles. The predicted molar refractivity (Wildman–Crippen MR) is 104 cm³/mol. The van der Waals surface area contributed by atoms with Crippen LogP contribution in [-0.4, -0.2) is 31.4 Å². The summed E-state index contributed by atoms with van der Waals surface area (Å²) in [6.45, 7) is 3.92. The van der Waals surface area contributed by atoms with Crippen LogP contribution in [0.3, 0.4) is 0 Å². The second-order valence-corrected chi connectivity index (χ2v) is 7.15. The minimum absolute atomic E-state index is 0.0166. The molecule has 1 N–H and O–H groups in total. The Morgan fingerprint density at radius 3 is 2.64 bits per heavy atom. The topological polar surface area (TPSA) is 52.7 Å². The number of carbonyl (C=O) groups is 2. The zero-order chi connectivity index (χ0) is 19.8. The van der Waals surface area contributed by atoms with Gasteiger partial charge in [-0.1, -0.05) is 13.0 Å². The van der Waals surface area contributed by atoms with Gasteiger partial charge in [-0.15, -0.1) is 0 Å². The number of fused-ring (bicyclic) bond motifs is 2. The molecule has 2 aliphatic rings. The maximum atomic E-state index is 14.0. The molecule has 146 valence electrons. The van der Waals surface area contributed by atoms with Crippen molar-refractivity contribution in [2.45, 2.75) is 25.7 Å². The van der Waals surface area contributed by atoms with Crippen molar-refractivity contribution in [1.82, 2.24) is 0 Å². The first-order valence-corrected chi connectivity index (χ1v) is 9.43. The van der Waals surface area contributed by atoms with Crippen LogP contribution < -0.4 is 15.1 Å². The van der Waals surface area contributed by atoms with Crippen molar-refractivity contribution in [1.29, 1.82) is 0 Å². The summed E-state index contributed by atoms with van der Waals surface area (Å²) in [4.78, 5) is 29.2. The largest absolute Gasteiger partial charge is 0.368 e. The van der Waals surface area contributed by atoms with E-state index in [9.17, 15) is 18.4 Å². The van der Waals surface area contributed by atoms with Crippen molar-refractivity contribution in [2.75, 3.05) is 34.8 Å². The second-order valence-electron chi connectivity index (χ2n) is 7.15. The molecule has 0 spiro atoms. The monoisotopic (exact) mass is 385 g/mol. The summed E-state index contributed by atoms with van der Waals surface area (Å²) in [7, 11) is 0. The Bertz CT molecular complexity index is 947. The van der Waals surface area contributed by atoms with Gasteiger partial charge in [0.15, 0.2) is 0 Å². The number of benzene rings is 2. The van der Waals surface area contributed by atoms with E-state index < -0.39 is 17.6 Å². The third-order valence-electron chi connectivity index (χ3n) is 5.27. The molecule has 0 bridgehead atoms. The lowest BCUT2D eigenvalue weighted by Crippen LogP contribution is -2.47. The van der Waals surface area contributed by atoms with Crippen molar-refractivity contribution in [2.24, 2.45) is 0 Å². The van der Waals surface area contributed by atoms with Crippen LogP contribution >= 0.6 is 0 Å². The lowest BCUT2D eigenvalue weighted by atomic mass is 9.88. The van der Waals surface area contributed by atoms with Gasteiger partial charge in [0.05, 0.1) is 17.3 Å². The van der Waals surface area contributed by atoms with Crippen molar-refractivity contribution < 1.29 is 18.4 Å². The number of amides is 2. The van der Waals surface area contributed by atoms with Gasteiger partial charge in [0.2, 0.25) is 11.8 Å². The highest BCUT2D eigenvalue weighted by Gasteiger charge is 2.36. The maximum Gasteiger partial charge on any atom is 0.235 e. The van der Waals surface area contributed by atoms with E-state index in [0.717, 1.165) is 18.7 Å². The molecule has 0 fully saturated rings. The number of hydrogen-bond donors (Lipinski definition) is 1. The summed E-state index contributed by atoms with van der Waals surface area (Å²) in [5, 5.41) is 2.62. The van der Waals surface area contributed by atoms with Gasteiger partial charge < -0.3 is 15.1 Å². The van der Waals surface area contributed by atoms with Crippen LogP contribution in [0.15, 0.2) is 36.4 Å². The molecule has 0 aliphatic carbocycles. The highest BCUT2D eigenvalue weighted by Crippen LogP contribution is 2.39. The Morgan fingerprint density at radius 1 is 1.11 bits per heavy atom. The van der Waals surface area contributed by atoms with Gasteiger partial charge in [-0.2, -0.15) is 0 Å². The lowest BCUT2D eigenvalue weighted by molar-refractivity contribution is -0.124. The number of nitrogens with zero attached hydrogens (tertiary/aromatic N) is 2. The molecule has 1 atom stereocenters. The molecular formula is C21H21F2N3O2. The average molecular weight is 385 g/mol. The van der Waals surface area contributed by atoms with E-state index in [2.05, 4.69) is 17.1 Å². The number of rotatable bonds is 3. The summed E-state index contributed by atoms with van der Waals surface area (Å²) < 4.78 is 27.5. The quantitative estimate of drug-likeness (QED) is 0.878. The smallest absolute Gasteiger partial charge is 0.235 e. The highest BCUT2D eigenvalue weighted by molar-refractivity contribution is 6.07. The number of carbonyl (C=O) groups excluding carboxylic acids is 2. The molecule has 2 aliphatic heterocycles. The molecule has 5 nitrogen and oxygen atoms in total. The van der Waals surface area contributed by atoms with E-state index in [0.29, 0.717) is 30.0 Å². The molecule has 7 heteroatoms. The third-order valence-corrected chi connectivity index (χ3v) is 5.27. The number of hydrogen-bond acceptors (Lipinski definition) is 3. The Kier molecular flexibility index (Phi) is 4.75. The normalized spacial score (nSPS) is 18.4. The maximum absolute atomic E-state index is 14.0. The molecule has 2 aromatic carbocycles. The Hall–Kier alpha value is -2.96. The first kappa shape index (κ1) is 18.4. The van der Waals surface area contributed by atoms with E-state index in [-0.39, 0.29) is 18.2 Å². The average Bonchev–Trinajstić information content (AvgIpc) is 2.66. The Labute approximate surface area is 161 Å². The van der Waals surface area contributed by atoms with Crippen molar-refractivity contribution in [3.63, 3.8) is 0 Å². The summed E-state index contributed by atoms with van der Waals surface area (Å²) in [5.74, 6) is -2.23. The van der Waals surface area contributed by atoms with Crippen LogP contribution in [0, 0.1) is 11.6 Å². The molecule has 0 saturated carbocycles. The molecule has 0 radical (unpaired) electrons. The van der Waals surface area contributed by atoms with E-state index in [1.807, 2.05) is 0 Å². The van der Waals surface area contributed by atoms with E-state index >= 15 is 0 Å². The summed E-state index contributed by atoms with van der Waals surface area (Å²) in [6.07, 6.45) is 0.920. The molecule has 28 heavy (non-hydrogen) atoms. The Balaban J connectivity index is 1.72. The zero-order valence-electron chi connectivity index (χ0n) is 15.5. The molecule has 0 saturated heterocycles. The summed E-state index contributed by atoms with van der Waals surface area (Å²) in [5.41, 5.74) is 2.22. The predicted octanol–water partition coefficient (Wildman–Crippen LogP) is 3.65. The van der Waals surface area contributed by atoms with Gasteiger partial charge in [-0.05, 0) is 42.3 Å². The van der Waals surface area contributed by atoms with Crippen molar-refractivity contribution >= 4 is 28.9 Å². The Morgan fingerprint density at radius 2 is 1.86 bits per heavy atom. The van der Waals surface area contributed by atoms with Crippen LogP contribution in [0.4, 0.5) is 25.8 Å². The summed E-state index contributed by atoms with van der Waals surface area (Å²) >= 11 is 0. The minimum Gasteiger partial charge on any atom is -0.368 e. The van der Waals surface area contributed by atoms with Crippen molar-refractivity contribution in [3.8, 4) is 0 Å². The van der Waals surface area contributed by atoms with Crippen LogP contribution in [0.5, 0.6) is 0 Å². The van der Waals surface area contributed by atoms with Crippen molar-refractivity contribution in [3.05, 3.63) is 53.6 Å². The van der Waals surface area contributed by atoms with Gasteiger partial charge in [0, 0.05) is 31.7 Å². The SMILES string of the molecule is CCCN1CCN(C(=O)C2CC(=O)Nc3cc(F)ccc32)c2cc(F)ccc21. The van der Waals surface area contributed by atoms with Gasteiger partial charge in [-0.3, -0.25) is 9.59 Å². The fraction of sp³-hybridized carbons (Fsp3) is 0.333. The van der Waals surface area contributed by atoms with Gasteiger partial charge in [0.25, 0.3) is 0 Å². The standard InChI is InChI=1S/C21H21F2N3O2/c1-2-7-25-8-9-26(19-11-14(23)4-6-18(19)25)21(28)16-12-20(27)24-17-10-13(22)3-5-15(16)17/h3-6,10-11,16H,2,7-9,12H2,1H3,(H,24,27). The van der Waals surface area contributed by atoms with E-state index in [1.54, 1.807) is 11.0 Å². The number of anilines is 3. The molecule has 4 rings (SSSR count). The fourth-order valence-corrected chi connectivity index (χ4v) is 4.02.